The first-order valence-corrected chi connectivity index (χ1v) is 11.1. The van der Waals surface area contributed by atoms with Crippen LogP contribution in [0.25, 0.3) is 0 Å². The minimum absolute atomic E-state index is 0.295. The molecule has 0 aliphatic rings. The first kappa shape index (κ1) is 24.6. The van der Waals surface area contributed by atoms with Crippen molar-refractivity contribution in [3.8, 4) is 0 Å². The number of nitrogens with two attached hydrogens (primary N) is 2. The second-order valence-electron chi connectivity index (χ2n) is 7.48. The molecule has 0 bridgehead atoms. The smallest absolute Gasteiger partial charge is 0.0165 e. The minimum atomic E-state index is 0.295. The number of hydrogen-bond donors (Lipinski definition) is 3. The number of nitrogens with one attached hydrogen (secondary N) is 1. The van der Waals surface area contributed by atoms with Gasteiger partial charge in [-0.3, -0.25) is 0 Å². The lowest BCUT2D eigenvalue weighted by Gasteiger charge is -2.11. The lowest BCUT2D eigenvalue weighted by Crippen LogP contribution is -2.36. The van der Waals surface area contributed by atoms with E-state index < -0.39 is 0 Å². The lowest BCUT2D eigenvalue weighted by atomic mass is 10.0. The van der Waals surface area contributed by atoms with Gasteiger partial charge in [-0.05, 0) is 32.1 Å². The molecule has 3 heteroatoms. The van der Waals surface area contributed by atoms with Crippen molar-refractivity contribution >= 4 is 0 Å². The van der Waals surface area contributed by atoms with Crippen molar-refractivity contribution in [1.29, 1.82) is 0 Å². The third-order valence-electron chi connectivity index (χ3n) is 4.81. The van der Waals surface area contributed by atoms with Gasteiger partial charge in [0.15, 0.2) is 0 Å². The van der Waals surface area contributed by atoms with Crippen molar-refractivity contribution in [2.24, 2.45) is 11.5 Å². The normalized spacial score (nSPS) is 12.9. The molecule has 0 aromatic heterocycles. The van der Waals surface area contributed by atoms with Crippen LogP contribution in [0.15, 0.2) is 12.2 Å². The Hall–Kier alpha value is -0.380. The highest BCUT2D eigenvalue weighted by molar-refractivity contribution is 4.81. The monoisotopic (exact) mass is 353 g/mol. The van der Waals surface area contributed by atoms with Crippen LogP contribution in [0, 0.1) is 0 Å². The van der Waals surface area contributed by atoms with E-state index in [2.05, 4.69) is 24.4 Å². The molecule has 3 nitrogen and oxygen atoms in total. The Kier molecular flexibility index (Phi) is 21.3. The first-order chi connectivity index (χ1) is 12.3. The van der Waals surface area contributed by atoms with Crippen LogP contribution >= 0.6 is 0 Å². The molecule has 0 spiro atoms. The van der Waals surface area contributed by atoms with E-state index in [1.165, 1.54) is 89.9 Å². The summed E-state index contributed by atoms with van der Waals surface area (Å²) in [6, 6.07) is 0.295. The van der Waals surface area contributed by atoms with Gasteiger partial charge in [-0.2, -0.15) is 0 Å². The average molecular weight is 354 g/mol. The van der Waals surface area contributed by atoms with Crippen LogP contribution in [0.1, 0.15) is 103 Å². The topological polar surface area (TPSA) is 64.1 Å². The Balaban J connectivity index is 3.14. The molecule has 0 radical (unpaired) electrons. The summed E-state index contributed by atoms with van der Waals surface area (Å²) in [6.45, 7) is 4.76. The van der Waals surface area contributed by atoms with Crippen LogP contribution in [0.3, 0.4) is 0 Å². The predicted octanol–water partition coefficient (Wildman–Crippen LogP) is 5.29. The minimum Gasteiger partial charge on any atom is -0.329 e. The molecule has 0 amide bonds. The Bertz CT molecular complexity index is 266. The fraction of sp³-hybridized carbons (Fsp3) is 0.909. The summed E-state index contributed by atoms with van der Waals surface area (Å²) in [7, 11) is 0. The summed E-state index contributed by atoms with van der Waals surface area (Å²) in [5, 5.41) is 3.28. The highest BCUT2D eigenvalue weighted by Gasteiger charge is 2.01. The van der Waals surface area contributed by atoms with Gasteiger partial charge in [-0.25, -0.2) is 0 Å². The largest absolute Gasteiger partial charge is 0.329 e. The van der Waals surface area contributed by atoms with Crippen LogP contribution in [0.2, 0.25) is 0 Å². The quantitative estimate of drug-likeness (QED) is 0.206. The second-order valence-corrected chi connectivity index (χ2v) is 7.48. The van der Waals surface area contributed by atoms with Crippen molar-refractivity contribution in [3.63, 3.8) is 0 Å². The average Bonchev–Trinajstić information content (AvgIpc) is 2.61. The maximum Gasteiger partial charge on any atom is 0.0165 e. The van der Waals surface area contributed by atoms with Crippen molar-refractivity contribution in [2.45, 2.75) is 109 Å². The highest BCUT2D eigenvalue weighted by Crippen LogP contribution is 2.11. The number of allylic oxidation sites excluding steroid dienone is 2. The van der Waals surface area contributed by atoms with E-state index in [1.54, 1.807) is 0 Å². The van der Waals surface area contributed by atoms with Crippen LogP contribution in [-0.4, -0.2) is 25.7 Å². The van der Waals surface area contributed by atoms with E-state index in [1.807, 2.05) is 0 Å². The number of rotatable bonds is 20. The second kappa shape index (κ2) is 21.7. The third-order valence-corrected chi connectivity index (χ3v) is 4.81. The van der Waals surface area contributed by atoms with Gasteiger partial charge in [0.2, 0.25) is 0 Å². The predicted molar refractivity (Wildman–Crippen MR) is 114 cm³/mol. The molecule has 1 atom stereocenters. The van der Waals surface area contributed by atoms with Crippen molar-refractivity contribution < 1.29 is 0 Å². The molecule has 0 saturated carbocycles. The lowest BCUT2D eigenvalue weighted by molar-refractivity contribution is 0.504. The van der Waals surface area contributed by atoms with Crippen molar-refractivity contribution in [3.05, 3.63) is 12.2 Å². The molecule has 0 aromatic carbocycles. The van der Waals surface area contributed by atoms with Gasteiger partial charge in [0.05, 0.1) is 0 Å². The van der Waals surface area contributed by atoms with Gasteiger partial charge >= 0.3 is 0 Å². The van der Waals surface area contributed by atoms with Crippen LogP contribution in [0.4, 0.5) is 0 Å². The number of hydrogen-bond acceptors (Lipinski definition) is 3. The third kappa shape index (κ3) is 21.6. The van der Waals surface area contributed by atoms with E-state index in [4.69, 9.17) is 11.5 Å². The molecule has 0 fully saturated rings. The Morgan fingerprint density at radius 1 is 0.760 bits per heavy atom. The maximum absolute atomic E-state index is 6.06. The zero-order valence-corrected chi connectivity index (χ0v) is 17.1. The van der Waals surface area contributed by atoms with Crippen LogP contribution in [-0.2, 0) is 0 Å². The summed E-state index contributed by atoms with van der Waals surface area (Å²) in [5.74, 6) is 0. The summed E-state index contributed by atoms with van der Waals surface area (Å²) in [6.07, 6.45) is 25.0. The molecule has 150 valence electrons. The van der Waals surface area contributed by atoms with E-state index >= 15 is 0 Å². The van der Waals surface area contributed by atoms with Crippen molar-refractivity contribution in [2.75, 3.05) is 19.6 Å². The zero-order chi connectivity index (χ0) is 18.4. The van der Waals surface area contributed by atoms with E-state index in [9.17, 15) is 0 Å². The molecule has 0 saturated heterocycles. The van der Waals surface area contributed by atoms with Crippen molar-refractivity contribution in [1.82, 2.24) is 5.32 Å². The summed E-state index contributed by atoms with van der Waals surface area (Å²) < 4.78 is 0. The highest BCUT2D eigenvalue weighted by atomic mass is 14.9. The molecule has 1 unspecified atom stereocenters. The summed E-state index contributed by atoms with van der Waals surface area (Å²) in [5.41, 5.74) is 11.5. The molecule has 0 aromatic rings. The van der Waals surface area contributed by atoms with Gasteiger partial charge in [0.1, 0.15) is 0 Å². The Morgan fingerprint density at radius 2 is 1.28 bits per heavy atom. The van der Waals surface area contributed by atoms with Gasteiger partial charge in [0.25, 0.3) is 0 Å². The molecule has 0 heterocycles. The van der Waals surface area contributed by atoms with Gasteiger partial charge in [0, 0.05) is 25.7 Å². The summed E-state index contributed by atoms with van der Waals surface area (Å²) >= 11 is 0. The molecular formula is C22H47N3. The Morgan fingerprint density at radius 3 is 1.84 bits per heavy atom. The fourth-order valence-corrected chi connectivity index (χ4v) is 3.15. The molecule has 0 aliphatic carbocycles. The molecule has 0 aliphatic heterocycles. The zero-order valence-electron chi connectivity index (χ0n) is 17.1. The maximum atomic E-state index is 6.06. The Labute approximate surface area is 158 Å². The van der Waals surface area contributed by atoms with Gasteiger partial charge < -0.3 is 16.8 Å². The fourth-order valence-electron chi connectivity index (χ4n) is 3.15. The molecule has 5 N–H and O–H groups in total. The summed E-state index contributed by atoms with van der Waals surface area (Å²) in [4.78, 5) is 0. The molecule has 0 rings (SSSR count). The van der Waals surface area contributed by atoms with E-state index in [-0.39, 0.29) is 0 Å². The van der Waals surface area contributed by atoms with E-state index in [0.29, 0.717) is 12.6 Å². The van der Waals surface area contributed by atoms with Gasteiger partial charge in [-0.15, -0.1) is 0 Å². The SMILES string of the molecule is CCCCCCCC/C=C\CCCCCCCCC(N)CNCCN. The standard InChI is InChI=1S/C22H47N3/c1-2-3-4-5-6-7-8-9-10-11-12-13-14-15-16-17-18-22(24)21-25-20-19-23/h9-10,22,25H,2-8,11-21,23-24H2,1H3/b10-9-. The van der Waals surface area contributed by atoms with Crippen LogP contribution in [0.5, 0.6) is 0 Å². The van der Waals surface area contributed by atoms with E-state index in [0.717, 1.165) is 19.5 Å². The molecule has 25 heavy (non-hydrogen) atoms. The number of unbranched alkanes of at least 4 members (excludes halogenated alkanes) is 12. The first-order valence-electron chi connectivity index (χ1n) is 11.1. The molecular weight excluding hydrogens is 306 g/mol. The van der Waals surface area contributed by atoms with Crippen LogP contribution < -0.4 is 16.8 Å². The van der Waals surface area contributed by atoms with Gasteiger partial charge in [-0.1, -0.05) is 83.3 Å².